The van der Waals surface area contributed by atoms with Crippen LogP contribution in [0.3, 0.4) is 0 Å². The molecule has 3 rings (SSSR count). The Labute approximate surface area is 168 Å². The number of alkyl halides is 3. The zero-order valence-electron chi connectivity index (χ0n) is 16.7. The summed E-state index contributed by atoms with van der Waals surface area (Å²) < 4.78 is 36.0. The molecule has 3 nitrogen and oxygen atoms in total. The number of phenolic OH excluding ortho intramolecular Hbond substituents is 1. The molecule has 1 heterocycles. The number of halogens is 3. The van der Waals surface area contributed by atoms with E-state index in [1.807, 2.05) is 50.3 Å². The number of aromatic nitrogens is 1. The molecule has 6 heteroatoms. The fourth-order valence-electron chi connectivity index (χ4n) is 2.84. The van der Waals surface area contributed by atoms with E-state index in [1.165, 1.54) is 19.2 Å². The second-order valence-electron chi connectivity index (χ2n) is 6.65. The molecule has 29 heavy (non-hydrogen) atoms. The molecule has 0 aliphatic rings. The van der Waals surface area contributed by atoms with Gasteiger partial charge in [-0.2, -0.15) is 13.2 Å². The van der Waals surface area contributed by atoms with E-state index < -0.39 is 11.7 Å². The van der Waals surface area contributed by atoms with Crippen molar-refractivity contribution in [1.29, 1.82) is 0 Å². The van der Waals surface area contributed by atoms with Crippen molar-refractivity contribution in [2.75, 3.05) is 7.05 Å². The first-order chi connectivity index (χ1) is 13.6. The van der Waals surface area contributed by atoms with Gasteiger partial charge in [-0.25, -0.2) is 0 Å². The minimum atomic E-state index is -4.28. The maximum absolute atomic E-state index is 12.0. The van der Waals surface area contributed by atoms with Crippen molar-refractivity contribution in [3.63, 3.8) is 0 Å². The lowest BCUT2D eigenvalue weighted by atomic mass is 9.98. The zero-order chi connectivity index (χ0) is 21.6. The van der Waals surface area contributed by atoms with E-state index in [0.29, 0.717) is 0 Å². The minimum absolute atomic E-state index is 0.0139. The van der Waals surface area contributed by atoms with Gasteiger partial charge in [-0.15, -0.1) is 0 Å². The third-order valence-electron chi connectivity index (χ3n) is 4.14. The van der Waals surface area contributed by atoms with Crippen molar-refractivity contribution in [3.8, 4) is 5.75 Å². The van der Waals surface area contributed by atoms with Crippen molar-refractivity contribution < 1.29 is 18.3 Å². The lowest BCUT2D eigenvalue weighted by molar-refractivity contribution is -0.138. The minimum Gasteiger partial charge on any atom is -0.507 e. The van der Waals surface area contributed by atoms with Gasteiger partial charge in [0.25, 0.3) is 0 Å². The molecule has 0 spiro atoms. The van der Waals surface area contributed by atoms with Crippen molar-refractivity contribution in [2.24, 2.45) is 4.99 Å². The average molecular weight is 400 g/mol. The van der Waals surface area contributed by atoms with Gasteiger partial charge >= 0.3 is 6.18 Å². The van der Waals surface area contributed by atoms with Crippen LogP contribution in [0.1, 0.15) is 30.7 Å². The number of hydrogen-bond donors (Lipinski definition) is 1. The molecule has 0 fully saturated rings. The third kappa shape index (κ3) is 5.67. The van der Waals surface area contributed by atoms with Gasteiger partial charge in [-0.1, -0.05) is 35.9 Å². The molecule has 0 bridgehead atoms. The summed E-state index contributed by atoms with van der Waals surface area (Å²) in [6, 6.07) is 13.9. The largest absolute Gasteiger partial charge is 0.507 e. The Kier molecular flexibility index (Phi) is 7.15. The number of nitrogens with zero attached hydrogens (tertiary/aromatic N) is 2. The van der Waals surface area contributed by atoms with Crippen LogP contribution in [0.5, 0.6) is 5.75 Å². The second-order valence-corrected chi connectivity index (χ2v) is 6.65. The van der Waals surface area contributed by atoms with Crippen LogP contribution in [0.25, 0.3) is 10.8 Å². The van der Waals surface area contributed by atoms with E-state index >= 15 is 0 Å². The molecule has 0 unspecified atom stereocenters. The average Bonchev–Trinajstić information content (AvgIpc) is 2.66. The van der Waals surface area contributed by atoms with Crippen LogP contribution in [0, 0.1) is 6.92 Å². The van der Waals surface area contributed by atoms with Gasteiger partial charge in [0.15, 0.2) is 0 Å². The summed E-state index contributed by atoms with van der Waals surface area (Å²) >= 11 is 0. The topological polar surface area (TPSA) is 45.5 Å². The van der Waals surface area contributed by atoms with Gasteiger partial charge in [-0.05, 0) is 55.8 Å². The van der Waals surface area contributed by atoms with Gasteiger partial charge in [0.1, 0.15) is 5.75 Å². The van der Waals surface area contributed by atoms with Crippen molar-refractivity contribution >= 4 is 16.5 Å². The Hall–Kier alpha value is -3.15. The number of aliphatic imine (C=N–C) groups is 1. The highest BCUT2D eigenvalue weighted by Gasteiger charge is 2.32. The molecule has 2 aromatic carbocycles. The first-order valence-corrected chi connectivity index (χ1v) is 8.96. The molecule has 152 valence electrons. The number of fused-ring (bicyclic) bond motifs is 1. The van der Waals surface area contributed by atoms with E-state index in [0.717, 1.165) is 33.7 Å². The van der Waals surface area contributed by atoms with Crippen LogP contribution in [0.15, 0.2) is 71.4 Å². The highest BCUT2D eigenvalue weighted by atomic mass is 19.4. The van der Waals surface area contributed by atoms with E-state index in [9.17, 15) is 18.3 Å². The molecule has 0 amide bonds. The van der Waals surface area contributed by atoms with Gasteiger partial charge in [-0.3, -0.25) is 9.98 Å². The van der Waals surface area contributed by atoms with Gasteiger partial charge in [0, 0.05) is 24.5 Å². The molecule has 0 saturated carbocycles. The number of pyridine rings is 1. The number of phenols is 1. The van der Waals surface area contributed by atoms with Crippen LogP contribution < -0.4 is 0 Å². The van der Waals surface area contributed by atoms with Crippen molar-refractivity contribution in [2.45, 2.75) is 26.9 Å². The Balaban J connectivity index is 0.000000234. The Morgan fingerprint density at radius 1 is 1.03 bits per heavy atom. The highest BCUT2D eigenvalue weighted by Crippen LogP contribution is 2.30. The molecular weight excluding hydrogens is 377 g/mol. The highest BCUT2D eigenvalue weighted by molar-refractivity contribution is 6.18. The molecule has 0 aliphatic carbocycles. The van der Waals surface area contributed by atoms with Crippen LogP contribution in [0.4, 0.5) is 13.2 Å². The Morgan fingerprint density at radius 2 is 1.72 bits per heavy atom. The second kappa shape index (κ2) is 9.37. The lowest BCUT2D eigenvalue weighted by Crippen LogP contribution is -2.07. The monoisotopic (exact) mass is 400 g/mol. The summed E-state index contributed by atoms with van der Waals surface area (Å²) in [5, 5.41) is 12.2. The van der Waals surface area contributed by atoms with Crippen molar-refractivity contribution in [1.82, 2.24) is 4.98 Å². The molecule has 0 aliphatic heterocycles. The van der Waals surface area contributed by atoms with Crippen LogP contribution in [0.2, 0.25) is 0 Å². The third-order valence-corrected chi connectivity index (χ3v) is 4.14. The summed E-state index contributed by atoms with van der Waals surface area (Å²) in [4.78, 5) is 7.82. The lowest BCUT2D eigenvalue weighted by Gasteiger charge is -2.09. The standard InChI is InChI=1S/C16H17NO.C7H6F3N/c1-11(2)10-14(17-3)16-13-7-5-4-6-12(13)8-9-15(16)18;1-5-6(7(8,9)10)3-2-4-11-5/h4-10,18H,1-3H3;2-4H,1H3. The molecular formula is C23H23F3N2O. The van der Waals surface area contributed by atoms with E-state index in [-0.39, 0.29) is 11.4 Å². The quantitative estimate of drug-likeness (QED) is 0.510. The number of aromatic hydroxyl groups is 1. The number of benzene rings is 2. The predicted molar refractivity (Wildman–Crippen MR) is 111 cm³/mol. The maximum Gasteiger partial charge on any atom is 0.418 e. The smallest absolute Gasteiger partial charge is 0.418 e. The van der Waals surface area contributed by atoms with Gasteiger partial charge in [0.2, 0.25) is 0 Å². The number of rotatable bonds is 2. The summed E-state index contributed by atoms with van der Waals surface area (Å²) in [6.07, 6.45) is -0.954. The molecule has 0 radical (unpaired) electrons. The Morgan fingerprint density at radius 3 is 2.28 bits per heavy atom. The fourth-order valence-corrected chi connectivity index (χ4v) is 2.84. The van der Waals surface area contributed by atoms with Crippen LogP contribution in [-0.2, 0) is 6.18 Å². The summed E-state index contributed by atoms with van der Waals surface area (Å²) in [7, 11) is 1.75. The molecule has 3 aromatic rings. The molecule has 0 saturated heterocycles. The first kappa shape index (κ1) is 22.1. The maximum atomic E-state index is 12.0. The zero-order valence-corrected chi connectivity index (χ0v) is 16.7. The van der Waals surface area contributed by atoms with E-state index in [2.05, 4.69) is 9.98 Å². The number of hydrogen-bond acceptors (Lipinski definition) is 3. The first-order valence-electron chi connectivity index (χ1n) is 8.96. The van der Waals surface area contributed by atoms with E-state index in [4.69, 9.17) is 0 Å². The molecule has 0 atom stereocenters. The predicted octanol–water partition coefficient (Wildman–Crippen LogP) is 6.34. The van der Waals surface area contributed by atoms with Crippen LogP contribution >= 0.6 is 0 Å². The van der Waals surface area contributed by atoms with Gasteiger partial charge in [0.05, 0.1) is 11.3 Å². The summed E-state index contributed by atoms with van der Waals surface area (Å²) in [5.74, 6) is 0.270. The van der Waals surface area contributed by atoms with Gasteiger partial charge < -0.3 is 5.11 Å². The molecule has 1 aromatic heterocycles. The normalized spacial score (nSPS) is 11.6. The fraction of sp³-hybridized carbons (Fsp3) is 0.217. The summed E-state index contributed by atoms with van der Waals surface area (Å²) in [5.41, 5.74) is 2.11. The van der Waals surface area contributed by atoms with Crippen molar-refractivity contribution in [3.05, 3.63) is 83.2 Å². The Bertz CT molecular complexity index is 1050. The van der Waals surface area contributed by atoms with Crippen LogP contribution in [-0.4, -0.2) is 22.8 Å². The SMILES string of the molecule is CN=C(C=C(C)C)c1c(O)ccc2ccccc12.Cc1ncccc1C(F)(F)F. The summed E-state index contributed by atoms with van der Waals surface area (Å²) in [6.45, 7) is 5.38. The van der Waals surface area contributed by atoms with E-state index in [1.54, 1.807) is 13.1 Å². The number of aryl methyl sites for hydroxylation is 1. The number of allylic oxidation sites excluding steroid dienone is 2. The molecule has 1 N–H and O–H groups in total.